The van der Waals surface area contributed by atoms with E-state index < -0.39 is 15.9 Å². The number of benzene rings is 2. The van der Waals surface area contributed by atoms with E-state index in [0.29, 0.717) is 12.1 Å². The summed E-state index contributed by atoms with van der Waals surface area (Å²) in [6, 6.07) is 16.2. The van der Waals surface area contributed by atoms with Gasteiger partial charge in [0.25, 0.3) is 10.0 Å². The van der Waals surface area contributed by atoms with Crippen LogP contribution in [0, 0.1) is 24.2 Å². The molecule has 0 radical (unpaired) electrons. The minimum absolute atomic E-state index is 0.146. The van der Waals surface area contributed by atoms with Crippen molar-refractivity contribution in [2.45, 2.75) is 18.2 Å². The molecule has 116 valence electrons. The Morgan fingerprint density at radius 2 is 1.87 bits per heavy atom. The number of nitriles is 1. The van der Waals surface area contributed by atoms with Crippen molar-refractivity contribution >= 4 is 15.7 Å². The van der Waals surface area contributed by atoms with Gasteiger partial charge in [0.15, 0.2) is 0 Å². The van der Waals surface area contributed by atoms with Crippen LogP contribution in [0.5, 0.6) is 0 Å². The van der Waals surface area contributed by atoms with Gasteiger partial charge in [0.05, 0.1) is 22.6 Å². The number of hydrazone groups is 1. The van der Waals surface area contributed by atoms with Gasteiger partial charge in [0.2, 0.25) is 0 Å². The van der Waals surface area contributed by atoms with E-state index in [9.17, 15) is 13.7 Å². The van der Waals surface area contributed by atoms with Crippen molar-refractivity contribution in [3.63, 3.8) is 0 Å². The molecule has 0 spiro atoms. The molecule has 1 unspecified atom stereocenters. The van der Waals surface area contributed by atoms with Crippen molar-refractivity contribution in [3.05, 3.63) is 65.2 Å². The highest BCUT2D eigenvalue weighted by Crippen LogP contribution is 2.26. The Hall–Kier alpha value is -2.65. The first kappa shape index (κ1) is 15.3. The first-order chi connectivity index (χ1) is 11.0. The molecule has 23 heavy (non-hydrogen) atoms. The predicted octanol–water partition coefficient (Wildman–Crippen LogP) is 2.37. The van der Waals surface area contributed by atoms with Gasteiger partial charge >= 0.3 is 0 Å². The molecule has 1 N–H and O–H groups in total. The average Bonchev–Trinajstić information content (AvgIpc) is 2.91. The average molecular weight is 325 g/mol. The Bertz CT molecular complexity index is 910. The van der Waals surface area contributed by atoms with Crippen molar-refractivity contribution < 1.29 is 8.42 Å². The highest BCUT2D eigenvalue weighted by Gasteiger charge is 2.28. The lowest BCUT2D eigenvalue weighted by Crippen LogP contribution is -2.22. The van der Waals surface area contributed by atoms with Gasteiger partial charge in [0.1, 0.15) is 0 Å². The SMILES string of the molecule is Cc1ccc(S(=O)(=O)N/N=C2/c3ccccc3CC2C#N)cc1. The topological polar surface area (TPSA) is 82.3 Å². The number of hydrogen-bond donors (Lipinski definition) is 1. The number of aryl methyl sites for hydroxylation is 1. The van der Waals surface area contributed by atoms with Crippen LogP contribution in [-0.4, -0.2) is 14.1 Å². The highest BCUT2D eigenvalue weighted by molar-refractivity contribution is 7.89. The molecule has 0 aromatic heterocycles. The number of sulfonamides is 1. The van der Waals surface area contributed by atoms with Gasteiger partial charge in [-0.3, -0.25) is 0 Å². The van der Waals surface area contributed by atoms with E-state index in [2.05, 4.69) is 16.0 Å². The molecule has 1 aliphatic carbocycles. The van der Waals surface area contributed by atoms with Gasteiger partial charge in [0, 0.05) is 5.56 Å². The summed E-state index contributed by atoms with van der Waals surface area (Å²) in [7, 11) is -3.75. The molecule has 5 nitrogen and oxygen atoms in total. The molecule has 1 aliphatic rings. The summed E-state index contributed by atoms with van der Waals surface area (Å²) in [5.41, 5.74) is 3.28. The van der Waals surface area contributed by atoms with Gasteiger partial charge in [-0.25, -0.2) is 0 Å². The monoisotopic (exact) mass is 325 g/mol. The maximum absolute atomic E-state index is 12.3. The maximum atomic E-state index is 12.3. The molecular formula is C17H15N3O2S. The van der Waals surface area contributed by atoms with Crippen molar-refractivity contribution in [1.82, 2.24) is 4.83 Å². The van der Waals surface area contributed by atoms with E-state index >= 15 is 0 Å². The van der Waals surface area contributed by atoms with Crippen molar-refractivity contribution in [2.75, 3.05) is 0 Å². The van der Waals surface area contributed by atoms with Crippen LogP contribution < -0.4 is 4.83 Å². The van der Waals surface area contributed by atoms with Crippen LogP contribution in [0.15, 0.2) is 58.5 Å². The number of nitrogens with zero attached hydrogens (tertiary/aromatic N) is 2. The lowest BCUT2D eigenvalue weighted by Gasteiger charge is -2.07. The molecule has 0 saturated heterocycles. The van der Waals surface area contributed by atoms with Crippen LogP contribution in [0.3, 0.4) is 0 Å². The zero-order valence-corrected chi connectivity index (χ0v) is 13.3. The fourth-order valence-corrected chi connectivity index (χ4v) is 3.40. The summed E-state index contributed by atoms with van der Waals surface area (Å²) in [6.45, 7) is 1.89. The minimum Gasteiger partial charge on any atom is -0.200 e. The summed E-state index contributed by atoms with van der Waals surface area (Å²) in [5, 5.41) is 13.3. The normalized spacial score (nSPS) is 18.4. The van der Waals surface area contributed by atoms with Crippen LogP contribution >= 0.6 is 0 Å². The van der Waals surface area contributed by atoms with Crippen LogP contribution in [-0.2, 0) is 16.4 Å². The molecule has 0 fully saturated rings. The Balaban J connectivity index is 1.92. The third-order valence-corrected chi connectivity index (χ3v) is 5.05. The van der Waals surface area contributed by atoms with E-state index in [1.54, 1.807) is 12.1 Å². The smallest absolute Gasteiger partial charge is 0.200 e. The number of rotatable bonds is 3. The Kier molecular flexibility index (Phi) is 3.89. The number of nitrogens with one attached hydrogen (secondary N) is 1. The fraction of sp³-hybridized carbons (Fsp3) is 0.176. The van der Waals surface area contributed by atoms with Gasteiger partial charge < -0.3 is 0 Å². The van der Waals surface area contributed by atoms with E-state index in [1.165, 1.54) is 12.1 Å². The Labute approximate surface area is 135 Å². The first-order valence-electron chi connectivity index (χ1n) is 7.15. The summed E-state index contributed by atoms with van der Waals surface area (Å²) < 4.78 is 24.6. The molecule has 0 saturated carbocycles. The predicted molar refractivity (Wildman–Crippen MR) is 87.3 cm³/mol. The molecule has 0 heterocycles. The maximum Gasteiger partial charge on any atom is 0.276 e. The Morgan fingerprint density at radius 3 is 2.57 bits per heavy atom. The molecule has 0 amide bonds. The zero-order chi connectivity index (χ0) is 16.4. The van der Waals surface area contributed by atoms with E-state index in [0.717, 1.165) is 16.7 Å². The summed E-state index contributed by atoms with van der Waals surface area (Å²) in [4.78, 5) is 2.40. The Morgan fingerprint density at radius 1 is 1.17 bits per heavy atom. The second-order valence-electron chi connectivity index (χ2n) is 5.45. The lowest BCUT2D eigenvalue weighted by atomic mass is 10.1. The van der Waals surface area contributed by atoms with Crippen LogP contribution in [0.4, 0.5) is 0 Å². The van der Waals surface area contributed by atoms with Gasteiger partial charge in [-0.1, -0.05) is 42.0 Å². The summed E-state index contributed by atoms with van der Waals surface area (Å²) >= 11 is 0. The van der Waals surface area contributed by atoms with E-state index in [4.69, 9.17) is 0 Å². The molecule has 1 atom stereocenters. The first-order valence-corrected chi connectivity index (χ1v) is 8.63. The molecule has 2 aromatic carbocycles. The summed E-state index contributed by atoms with van der Waals surface area (Å²) in [5.74, 6) is -0.437. The van der Waals surface area contributed by atoms with E-state index in [-0.39, 0.29) is 4.90 Å². The lowest BCUT2D eigenvalue weighted by molar-refractivity contribution is 0.584. The molecule has 2 aromatic rings. The number of fused-ring (bicyclic) bond motifs is 1. The van der Waals surface area contributed by atoms with Crippen molar-refractivity contribution in [3.8, 4) is 6.07 Å². The van der Waals surface area contributed by atoms with Crippen molar-refractivity contribution in [2.24, 2.45) is 11.0 Å². The molecule has 0 aliphatic heterocycles. The van der Waals surface area contributed by atoms with Crippen LogP contribution in [0.2, 0.25) is 0 Å². The molecule has 0 bridgehead atoms. The standard InChI is InChI=1S/C17H15N3O2S/c1-12-6-8-15(9-7-12)23(21,22)20-19-17-14(11-18)10-13-4-2-3-5-16(13)17/h2-9,14,20H,10H2,1H3/b19-17+. The fourth-order valence-electron chi connectivity index (χ4n) is 2.58. The van der Waals surface area contributed by atoms with E-state index in [1.807, 2.05) is 31.2 Å². The van der Waals surface area contributed by atoms with Crippen LogP contribution in [0.1, 0.15) is 16.7 Å². The largest absolute Gasteiger partial charge is 0.276 e. The van der Waals surface area contributed by atoms with Gasteiger partial charge in [-0.05, 0) is 31.0 Å². The second-order valence-corrected chi connectivity index (χ2v) is 7.11. The molecular weight excluding hydrogens is 310 g/mol. The molecule has 3 rings (SSSR count). The molecule has 6 heteroatoms. The van der Waals surface area contributed by atoms with Gasteiger partial charge in [-0.15, -0.1) is 0 Å². The minimum atomic E-state index is -3.75. The highest BCUT2D eigenvalue weighted by atomic mass is 32.2. The zero-order valence-electron chi connectivity index (χ0n) is 12.5. The third kappa shape index (κ3) is 2.96. The van der Waals surface area contributed by atoms with Gasteiger partial charge in [-0.2, -0.15) is 23.6 Å². The quantitative estimate of drug-likeness (QED) is 0.880. The summed E-state index contributed by atoms with van der Waals surface area (Å²) in [6.07, 6.45) is 0.553. The van der Waals surface area contributed by atoms with Crippen LogP contribution in [0.25, 0.3) is 0 Å². The second kappa shape index (κ2) is 5.86. The van der Waals surface area contributed by atoms with Crippen molar-refractivity contribution in [1.29, 1.82) is 5.26 Å². The number of hydrogen-bond acceptors (Lipinski definition) is 4. The third-order valence-electron chi connectivity index (χ3n) is 3.82.